The number of rotatable bonds is 5. The smallest absolute Gasteiger partial charge is 0.171 e. The zero-order valence-corrected chi connectivity index (χ0v) is 16.0. The van der Waals surface area contributed by atoms with Crippen LogP contribution in [0.1, 0.15) is 31.2 Å². The van der Waals surface area contributed by atoms with Crippen molar-refractivity contribution in [3.8, 4) is 0 Å². The molecule has 6 heteroatoms. The van der Waals surface area contributed by atoms with Crippen molar-refractivity contribution in [3.63, 3.8) is 0 Å². The van der Waals surface area contributed by atoms with Gasteiger partial charge in [-0.3, -0.25) is 0 Å². The van der Waals surface area contributed by atoms with Crippen molar-refractivity contribution in [1.82, 2.24) is 5.32 Å². The second-order valence-corrected chi connectivity index (χ2v) is 7.27. The molecule has 3 rings (SSSR count). The first kappa shape index (κ1) is 19.1. The average Bonchev–Trinajstić information content (AvgIpc) is 2.65. The summed E-state index contributed by atoms with van der Waals surface area (Å²) in [5.41, 5.74) is 1.82. The monoisotopic (exact) mass is 392 g/mol. The van der Waals surface area contributed by atoms with Gasteiger partial charge in [0.25, 0.3) is 0 Å². The van der Waals surface area contributed by atoms with E-state index in [1.165, 1.54) is 17.7 Å². The fourth-order valence-electron chi connectivity index (χ4n) is 3.15. The highest BCUT2D eigenvalue weighted by Crippen LogP contribution is 2.23. The van der Waals surface area contributed by atoms with Crippen LogP contribution in [0.4, 0.5) is 10.1 Å². The van der Waals surface area contributed by atoms with Crippen LogP contribution in [-0.2, 0) is 11.3 Å². The molecule has 0 unspecified atom stereocenters. The number of hydrogen-bond acceptors (Lipinski definition) is 2. The van der Waals surface area contributed by atoms with E-state index in [9.17, 15) is 4.39 Å². The molecule has 26 heavy (non-hydrogen) atoms. The quantitative estimate of drug-likeness (QED) is 0.677. The van der Waals surface area contributed by atoms with Crippen LogP contribution in [0.15, 0.2) is 48.5 Å². The van der Waals surface area contributed by atoms with E-state index < -0.39 is 5.82 Å². The van der Waals surface area contributed by atoms with Gasteiger partial charge in [0.05, 0.1) is 23.8 Å². The lowest BCUT2D eigenvalue weighted by Crippen LogP contribution is -2.47. The summed E-state index contributed by atoms with van der Waals surface area (Å²) in [6.45, 7) is 0.595. The summed E-state index contributed by atoms with van der Waals surface area (Å²) in [6.07, 6.45) is 4.43. The fourth-order valence-corrected chi connectivity index (χ4v) is 3.60. The molecule has 1 saturated carbocycles. The molecule has 2 atom stereocenters. The lowest BCUT2D eigenvalue weighted by Gasteiger charge is -2.33. The van der Waals surface area contributed by atoms with Crippen molar-refractivity contribution in [2.45, 2.75) is 44.4 Å². The molecule has 0 aliphatic heterocycles. The molecule has 0 spiro atoms. The van der Waals surface area contributed by atoms with E-state index in [4.69, 9.17) is 28.6 Å². The van der Waals surface area contributed by atoms with Crippen LogP contribution < -0.4 is 10.6 Å². The molecule has 0 heterocycles. The van der Waals surface area contributed by atoms with Crippen molar-refractivity contribution < 1.29 is 9.13 Å². The van der Waals surface area contributed by atoms with Gasteiger partial charge in [0.1, 0.15) is 5.82 Å². The van der Waals surface area contributed by atoms with Gasteiger partial charge in [-0.25, -0.2) is 4.39 Å². The zero-order valence-electron chi connectivity index (χ0n) is 14.4. The number of anilines is 1. The van der Waals surface area contributed by atoms with Gasteiger partial charge in [-0.1, -0.05) is 54.8 Å². The predicted molar refractivity (Wildman–Crippen MR) is 108 cm³/mol. The highest BCUT2D eigenvalue weighted by molar-refractivity contribution is 7.80. The Morgan fingerprint density at radius 1 is 1.15 bits per heavy atom. The van der Waals surface area contributed by atoms with Gasteiger partial charge in [-0.05, 0) is 48.8 Å². The molecule has 0 radical (unpaired) electrons. The van der Waals surface area contributed by atoms with Gasteiger partial charge in [-0.2, -0.15) is 0 Å². The zero-order chi connectivity index (χ0) is 18.4. The number of halogens is 2. The lowest BCUT2D eigenvalue weighted by atomic mass is 9.92. The second-order valence-electron chi connectivity index (χ2n) is 6.45. The minimum absolute atomic E-state index is 0.0690. The third-order valence-corrected chi connectivity index (χ3v) is 5.01. The molecule has 3 nitrogen and oxygen atoms in total. The topological polar surface area (TPSA) is 33.3 Å². The van der Waals surface area contributed by atoms with Gasteiger partial charge in [0.15, 0.2) is 5.11 Å². The Labute approximate surface area is 163 Å². The minimum Gasteiger partial charge on any atom is -0.371 e. The molecule has 0 aromatic heterocycles. The Balaban J connectivity index is 1.55. The number of thiocarbonyl (C=S) groups is 1. The van der Waals surface area contributed by atoms with Crippen molar-refractivity contribution in [1.29, 1.82) is 0 Å². The molecule has 1 aliphatic rings. The van der Waals surface area contributed by atoms with Crippen molar-refractivity contribution >= 4 is 34.6 Å². The maximum absolute atomic E-state index is 13.3. The number of ether oxygens (including phenoxy) is 1. The van der Waals surface area contributed by atoms with Gasteiger partial charge in [0, 0.05) is 5.69 Å². The normalized spacial score (nSPS) is 19.8. The first-order valence-electron chi connectivity index (χ1n) is 8.80. The molecular weight excluding hydrogens is 371 g/mol. The van der Waals surface area contributed by atoms with Crippen LogP contribution in [0, 0.1) is 5.82 Å². The van der Waals surface area contributed by atoms with Crippen molar-refractivity contribution in [3.05, 3.63) is 64.9 Å². The van der Waals surface area contributed by atoms with Gasteiger partial charge < -0.3 is 15.4 Å². The Kier molecular flexibility index (Phi) is 6.83. The summed E-state index contributed by atoms with van der Waals surface area (Å²) < 4.78 is 19.4. The molecule has 0 saturated heterocycles. The van der Waals surface area contributed by atoms with Crippen LogP contribution in [0.25, 0.3) is 0 Å². The molecule has 2 aromatic rings. The summed E-state index contributed by atoms with van der Waals surface area (Å²) in [7, 11) is 0. The largest absolute Gasteiger partial charge is 0.371 e. The Morgan fingerprint density at radius 3 is 2.69 bits per heavy atom. The third kappa shape index (κ3) is 5.40. The van der Waals surface area contributed by atoms with Gasteiger partial charge >= 0.3 is 0 Å². The molecule has 2 N–H and O–H groups in total. The summed E-state index contributed by atoms with van der Waals surface area (Å²) in [6, 6.07) is 14.8. The maximum Gasteiger partial charge on any atom is 0.171 e. The summed E-state index contributed by atoms with van der Waals surface area (Å²) in [4.78, 5) is 0. The molecule has 1 aliphatic carbocycles. The predicted octanol–water partition coefficient (Wildman–Crippen LogP) is 5.29. The number of nitrogens with one attached hydrogen (secondary N) is 2. The van der Waals surface area contributed by atoms with E-state index in [1.54, 1.807) is 6.07 Å². The van der Waals surface area contributed by atoms with E-state index >= 15 is 0 Å². The maximum atomic E-state index is 13.3. The molecule has 138 valence electrons. The Morgan fingerprint density at radius 2 is 1.92 bits per heavy atom. The minimum atomic E-state index is -0.447. The molecule has 0 bridgehead atoms. The molecule has 0 amide bonds. The summed E-state index contributed by atoms with van der Waals surface area (Å²) in [5, 5.41) is 6.97. The Hall–Kier alpha value is -1.69. The summed E-state index contributed by atoms with van der Waals surface area (Å²) in [5.74, 6) is -0.447. The van der Waals surface area contributed by atoms with E-state index in [2.05, 4.69) is 22.8 Å². The average molecular weight is 393 g/mol. The van der Waals surface area contributed by atoms with Crippen LogP contribution >= 0.6 is 23.8 Å². The first-order valence-corrected chi connectivity index (χ1v) is 9.58. The molecule has 2 aromatic carbocycles. The summed E-state index contributed by atoms with van der Waals surface area (Å²) >= 11 is 11.2. The Bertz CT molecular complexity index is 744. The fraction of sp³-hybridized carbons (Fsp3) is 0.350. The van der Waals surface area contributed by atoms with E-state index in [0.29, 0.717) is 17.4 Å². The molecule has 1 fully saturated rings. The highest BCUT2D eigenvalue weighted by atomic mass is 35.5. The standard InChI is InChI=1S/C20H22ClFN2OS/c21-16-12-15(10-11-17(16)22)23-20(26)24-18-8-4-5-9-19(18)25-13-14-6-2-1-3-7-14/h1-3,6-7,10-12,18-19H,4-5,8-9,13H2,(H2,23,24,26)/t18-,19+/m1/s1. The van der Waals surface area contributed by atoms with Crippen LogP contribution in [-0.4, -0.2) is 17.3 Å². The number of hydrogen-bond donors (Lipinski definition) is 2. The SMILES string of the molecule is Fc1ccc(NC(=S)N[C@@H]2CCCC[C@@H]2OCc2ccccc2)cc1Cl. The van der Waals surface area contributed by atoms with Gasteiger partial charge in [0.2, 0.25) is 0 Å². The van der Waals surface area contributed by atoms with Crippen molar-refractivity contribution in [2.24, 2.45) is 0 Å². The number of benzene rings is 2. The first-order chi connectivity index (χ1) is 12.6. The van der Waals surface area contributed by atoms with E-state index in [0.717, 1.165) is 25.7 Å². The lowest BCUT2D eigenvalue weighted by molar-refractivity contribution is -0.000693. The van der Waals surface area contributed by atoms with E-state index in [-0.39, 0.29) is 17.2 Å². The van der Waals surface area contributed by atoms with Crippen LogP contribution in [0.3, 0.4) is 0 Å². The third-order valence-electron chi connectivity index (χ3n) is 4.50. The second kappa shape index (κ2) is 9.31. The van der Waals surface area contributed by atoms with Gasteiger partial charge in [-0.15, -0.1) is 0 Å². The van der Waals surface area contributed by atoms with Crippen LogP contribution in [0.2, 0.25) is 5.02 Å². The van der Waals surface area contributed by atoms with Crippen LogP contribution in [0.5, 0.6) is 0 Å². The highest BCUT2D eigenvalue weighted by Gasteiger charge is 2.26. The van der Waals surface area contributed by atoms with Crippen molar-refractivity contribution in [2.75, 3.05) is 5.32 Å². The molecular formula is C20H22ClFN2OS. The van der Waals surface area contributed by atoms with E-state index in [1.807, 2.05) is 18.2 Å².